The second-order valence-electron chi connectivity index (χ2n) is 6.21. The van der Waals surface area contributed by atoms with Gasteiger partial charge in [-0.1, -0.05) is 24.3 Å². The van der Waals surface area contributed by atoms with Crippen LogP contribution < -0.4 is 0 Å². The molecule has 4 rings (SSSR count). The van der Waals surface area contributed by atoms with E-state index in [-0.39, 0.29) is 0 Å². The minimum atomic E-state index is 0.632. The van der Waals surface area contributed by atoms with E-state index < -0.39 is 0 Å². The summed E-state index contributed by atoms with van der Waals surface area (Å²) in [6, 6.07) is 8.38. The molecule has 0 bridgehead atoms. The predicted molar refractivity (Wildman–Crippen MR) is 91.4 cm³/mol. The number of H-pyrrole nitrogens is 1. The second kappa shape index (κ2) is 7.49. The van der Waals surface area contributed by atoms with Gasteiger partial charge in [-0.15, -0.1) is 10.2 Å². The standard InChI is InChI=1S/C16H21N9/c1-3-15(16-19-21-22-20-16)4-2-14(1)11-24-7-5-23(6-8-24)9-10-25-13-17-12-18-25/h1-4,12-13H,5-11H2,(H,19,20,21,22). The van der Waals surface area contributed by atoms with Crippen molar-refractivity contribution in [2.45, 2.75) is 13.1 Å². The van der Waals surface area contributed by atoms with Crippen molar-refractivity contribution in [2.24, 2.45) is 0 Å². The zero-order valence-corrected chi connectivity index (χ0v) is 14.0. The molecule has 1 N–H and O–H groups in total. The molecule has 1 fully saturated rings. The van der Waals surface area contributed by atoms with E-state index >= 15 is 0 Å². The Morgan fingerprint density at radius 1 is 0.960 bits per heavy atom. The van der Waals surface area contributed by atoms with E-state index in [9.17, 15) is 0 Å². The molecule has 1 aliphatic heterocycles. The first-order chi connectivity index (χ1) is 12.4. The zero-order valence-electron chi connectivity index (χ0n) is 14.0. The van der Waals surface area contributed by atoms with Crippen molar-refractivity contribution in [2.75, 3.05) is 32.7 Å². The Morgan fingerprint density at radius 3 is 2.44 bits per heavy atom. The van der Waals surface area contributed by atoms with Gasteiger partial charge in [-0.25, -0.2) is 4.98 Å². The van der Waals surface area contributed by atoms with Crippen LogP contribution in [0.3, 0.4) is 0 Å². The smallest absolute Gasteiger partial charge is 0.204 e. The Bertz CT molecular complexity index is 744. The van der Waals surface area contributed by atoms with Gasteiger partial charge < -0.3 is 0 Å². The van der Waals surface area contributed by atoms with Gasteiger partial charge in [0.25, 0.3) is 0 Å². The number of rotatable bonds is 6. The molecule has 9 heteroatoms. The number of nitrogens with zero attached hydrogens (tertiary/aromatic N) is 8. The molecule has 0 aliphatic carbocycles. The minimum absolute atomic E-state index is 0.632. The van der Waals surface area contributed by atoms with Crippen LogP contribution in [0.2, 0.25) is 0 Å². The minimum Gasteiger partial charge on any atom is -0.299 e. The Balaban J connectivity index is 1.24. The van der Waals surface area contributed by atoms with Crippen LogP contribution in [0, 0.1) is 0 Å². The normalized spacial score (nSPS) is 16.3. The first kappa shape index (κ1) is 15.9. The van der Waals surface area contributed by atoms with Crippen LogP contribution in [0.1, 0.15) is 5.56 Å². The average molecular weight is 339 g/mol. The highest BCUT2D eigenvalue weighted by molar-refractivity contribution is 5.54. The van der Waals surface area contributed by atoms with Gasteiger partial charge in [0.15, 0.2) is 0 Å². The maximum atomic E-state index is 4.15. The summed E-state index contributed by atoms with van der Waals surface area (Å²) in [5, 5.41) is 18.2. The number of hydrogen-bond acceptors (Lipinski definition) is 7. The second-order valence-corrected chi connectivity index (χ2v) is 6.21. The maximum Gasteiger partial charge on any atom is 0.204 e. The fourth-order valence-corrected chi connectivity index (χ4v) is 3.06. The molecule has 1 aromatic carbocycles. The van der Waals surface area contributed by atoms with Gasteiger partial charge in [0, 0.05) is 44.8 Å². The van der Waals surface area contributed by atoms with Crippen LogP contribution in [0.15, 0.2) is 36.9 Å². The molecule has 0 spiro atoms. The predicted octanol–water partition coefficient (Wildman–Crippen LogP) is 0.276. The van der Waals surface area contributed by atoms with E-state index in [2.05, 4.69) is 64.8 Å². The molecule has 130 valence electrons. The molecule has 25 heavy (non-hydrogen) atoms. The average Bonchev–Trinajstić information content (AvgIpc) is 3.36. The van der Waals surface area contributed by atoms with Crippen molar-refractivity contribution < 1.29 is 0 Å². The summed E-state index contributed by atoms with van der Waals surface area (Å²) >= 11 is 0. The van der Waals surface area contributed by atoms with E-state index in [4.69, 9.17) is 0 Å². The zero-order chi connectivity index (χ0) is 16.9. The summed E-state index contributed by atoms with van der Waals surface area (Å²) in [4.78, 5) is 8.96. The molecule has 0 saturated carbocycles. The largest absolute Gasteiger partial charge is 0.299 e. The molecule has 3 aromatic rings. The van der Waals surface area contributed by atoms with E-state index in [0.717, 1.165) is 51.4 Å². The van der Waals surface area contributed by atoms with Gasteiger partial charge in [-0.2, -0.15) is 10.3 Å². The molecular weight excluding hydrogens is 318 g/mol. The van der Waals surface area contributed by atoms with Gasteiger partial charge in [-0.3, -0.25) is 14.5 Å². The van der Waals surface area contributed by atoms with E-state index in [1.165, 1.54) is 5.56 Å². The molecule has 0 unspecified atom stereocenters. The first-order valence-electron chi connectivity index (χ1n) is 8.47. The lowest BCUT2D eigenvalue weighted by Gasteiger charge is -2.34. The summed E-state index contributed by atoms with van der Waals surface area (Å²) in [5.74, 6) is 0.632. The molecule has 2 aromatic heterocycles. The highest BCUT2D eigenvalue weighted by Crippen LogP contribution is 2.15. The summed E-state index contributed by atoms with van der Waals surface area (Å²) in [6.07, 6.45) is 3.36. The molecule has 0 radical (unpaired) electrons. The van der Waals surface area contributed by atoms with Crippen molar-refractivity contribution >= 4 is 0 Å². The number of nitrogens with one attached hydrogen (secondary N) is 1. The van der Waals surface area contributed by atoms with Crippen molar-refractivity contribution in [3.63, 3.8) is 0 Å². The summed E-state index contributed by atoms with van der Waals surface area (Å²) in [5.41, 5.74) is 2.29. The molecule has 0 atom stereocenters. The Morgan fingerprint density at radius 2 is 1.76 bits per heavy atom. The third-order valence-corrected chi connectivity index (χ3v) is 4.54. The molecular formula is C16H21N9. The maximum absolute atomic E-state index is 4.15. The topological polar surface area (TPSA) is 91.7 Å². The van der Waals surface area contributed by atoms with Crippen molar-refractivity contribution in [3.8, 4) is 11.4 Å². The number of aromatic nitrogens is 7. The fraction of sp³-hybridized carbons (Fsp3) is 0.438. The molecule has 3 heterocycles. The monoisotopic (exact) mass is 339 g/mol. The van der Waals surface area contributed by atoms with Crippen LogP contribution in [-0.2, 0) is 13.1 Å². The van der Waals surface area contributed by atoms with Gasteiger partial charge in [0.1, 0.15) is 12.7 Å². The number of hydrogen-bond donors (Lipinski definition) is 1. The van der Waals surface area contributed by atoms with Crippen molar-refractivity contribution in [1.82, 2.24) is 45.2 Å². The molecule has 1 saturated heterocycles. The first-order valence-corrected chi connectivity index (χ1v) is 8.47. The van der Waals surface area contributed by atoms with Gasteiger partial charge >= 0.3 is 0 Å². The third kappa shape index (κ3) is 4.06. The lowest BCUT2D eigenvalue weighted by Crippen LogP contribution is -2.46. The number of tetrazole rings is 1. The highest BCUT2D eigenvalue weighted by atomic mass is 15.5. The Kier molecular flexibility index (Phi) is 4.75. The van der Waals surface area contributed by atoms with Crippen LogP contribution in [0.4, 0.5) is 0 Å². The van der Waals surface area contributed by atoms with E-state index in [1.807, 2.05) is 4.68 Å². The van der Waals surface area contributed by atoms with Gasteiger partial charge in [0.05, 0.1) is 6.54 Å². The van der Waals surface area contributed by atoms with E-state index in [1.54, 1.807) is 12.7 Å². The van der Waals surface area contributed by atoms with Crippen LogP contribution >= 0.6 is 0 Å². The third-order valence-electron chi connectivity index (χ3n) is 4.54. The summed E-state index contributed by atoms with van der Waals surface area (Å²) in [6.45, 7) is 7.26. The van der Waals surface area contributed by atoms with Gasteiger partial charge in [-0.05, 0) is 10.8 Å². The van der Waals surface area contributed by atoms with Crippen LogP contribution in [-0.4, -0.2) is 77.9 Å². The fourth-order valence-electron chi connectivity index (χ4n) is 3.06. The van der Waals surface area contributed by atoms with E-state index in [0.29, 0.717) is 5.82 Å². The van der Waals surface area contributed by atoms with Crippen molar-refractivity contribution in [1.29, 1.82) is 0 Å². The lowest BCUT2D eigenvalue weighted by atomic mass is 10.1. The Labute approximate surface area is 145 Å². The van der Waals surface area contributed by atoms with Crippen LogP contribution in [0.25, 0.3) is 11.4 Å². The number of aromatic amines is 1. The Hall–Kier alpha value is -2.65. The summed E-state index contributed by atoms with van der Waals surface area (Å²) < 4.78 is 1.89. The van der Waals surface area contributed by atoms with Gasteiger partial charge in [0.2, 0.25) is 5.82 Å². The van der Waals surface area contributed by atoms with Crippen molar-refractivity contribution in [3.05, 3.63) is 42.5 Å². The van der Waals surface area contributed by atoms with Crippen LogP contribution in [0.5, 0.6) is 0 Å². The SMILES string of the molecule is c1ncn(CCN2CCN(Cc3ccc(-c4nn[nH]n4)cc3)CC2)n1. The number of benzene rings is 1. The molecule has 1 aliphatic rings. The molecule has 0 amide bonds. The lowest BCUT2D eigenvalue weighted by molar-refractivity contribution is 0.123. The number of piperazine rings is 1. The summed E-state index contributed by atoms with van der Waals surface area (Å²) in [7, 11) is 0. The quantitative estimate of drug-likeness (QED) is 0.689. The highest BCUT2D eigenvalue weighted by Gasteiger charge is 2.17. The molecule has 9 nitrogen and oxygen atoms in total.